The van der Waals surface area contributed by atoms with Crippen LogP contribution in [0.2, 0.25) is 0 Å². The van der Waals surface area contributed by atoms with Gasteiger partial charge < -0.3 is 10.2 Å². The van der Waals surface area contributed by atoms with Crippen LogP contribution in [-0.2, 0) is 11.2 Å². The molecular weight excluding hydrogens is 260 g/mol. The molecule has 0 aliphatic carbocycles. The lowest BCUT2D eigenvalue weighted by Gasteiger charge is -2.20. The maximum atomic E-state index is 10.1. The predicted octanol–water partition coefficient (Wildman–Crippen LogP) is 4.12. The quantitative estimate of drug-likeness (QED) is 0.890. The number of benzene rings is 2. The summed E-state index contributed by atoms with van der Waals surface area (Å²) in [5.41, 5.74) is 3.56. The van der Waals surface area contributed by atoms with Crippen LogP contribution < -0.4 is 0 Å². The second-order valence-electron chi connectivity index (χ2n) is 6.73. The summed E-state index contributed by atoms with van der Waals surface area (Å²) in [4.78, 5) is 0. The molecular formula is C19H24O2. The average Bonchev–Trinajstić information content (AvgIpc) is 2.36. The standard InChI is InChI=1S/C19H24O2/c1-13-12-16(19(4,5)21)10-11-17(13)14-6-8-15(9-7-14)18(2,3)20/h6-12,20-21H,1-5H3. The van der Waals surface area contributed by atoms with Crippen molar-refractivity contribution >= 4 is 0 Å². The van der Waals surface area contributed by atoms with Crippen molar-refractivity contribution in [1.82, 2.24) is 0 Å². The molecule has 0 unspecified atom stereocenters. The van der Waals surface area contributed by atoms with E-state index in [1.165, 1.54) is 0 Å². The first-order valence-corrected chi connectivity index (χ1v) is 7.26. The summed E-state index contributed by atoms with van der Waals surface area (Å²) in [5, 5.41) is 20.1. The zero-order chi connectivity index (χ0) is 15.8. The van der Waals surface area contributed by atoms with E-state index in [4.69, 9.17) is 0 Å². The lowest BCUT2D eigenvalue weighted by molar-refractivity contribution is 0.0780. The molecule has 112 valence electrons. The first kappa shape index (κ1) is 15.7. The van der Waals surface area contributed by atoms with Crippen molar-refractivity contribution in [2.75, 3.05) is 0 Å². The summed E-state index contributed by atoms with van der Waals surface area (Å²) in [6.45, 7) is 9.20. The topological polar surface area (TPSA) is 40.5 Å². The first-order chi connectivity index (χ1) is 9.59. The Labute approximate surface area is 127 Å². The number of aliphatic hydroxyl groups is 2. The lowest BCUT2D eigenvalue weighted by Crippen LogP contribution is -2.15. The molecule has 0 saturated heterocycles. The third-order valence-corrected chi connectivity index (χ3v) is 3.84. The van der Waals surface area contributed by atoms with E-state index in [0.717, 1.165) is 27.8 Å². The Hall–Kier alpha value is -1.64. The minimum Gasteiger partial charge on any atom is -0.386 e. The summed E-state index contributed by atoms with van der Waals surface area (Å²) >= 11 is 0. The van der Waals surface area contributed by atoms with E-state index in [2.05, 4.69) is 6.92 Å². The van der Waals surface area contributed by atoms with Crippen LogP contribution in [-0.4, -0.2) is 10.2 Å². The van der Waals surface area contributed by atoms with Gasteiger partial charge in [-0.15, -0.1) is 0 Å². The molecule has 0 amide bonds. The van der Waals surface area contributed by atoms with Crippen LogP contribution in [0.25, 0.3) is 11.1 Å². The summed E-state index contributed by atoms with van der Waals surface area (Å²) < 4.78 is 0. The lowest BCUT2D eigenvalue weighted by atomic mass is 9.90. The van der Waals surface area contributed by atoms with Gasteiger partial charge in [0.2, 0.25) is 0 Å². The first-order valence-electron chi connectivity index (χ1n) is 7.26. The van der Waals surface area contributed by atoms with Gasteiger partial charge >= 0.3 is 0 Å². The van der Waals surface area contributed by atoms with E-state index in [1.807, 2.05) is 42.5 Å². The molecule has 2 aromatic rings. The number of hydrogen-bond acceptors (Lipinski definition) is 2. The highest BCUT2D eigenvalue weighted by molar-refractivity contribution is 5.68. The van der Waals surface area contributed by atoms with Gasteiger partial charge in [-0.2, -0.15) is 0 Å². The molecule has 0 aliphatic heterocycles. The highest BCUT2D eigenvalue weighted by Gasteiger charge is 2.18. The van der Waals surface area contributed by atoms with Crippen molar-refractivity contribution in [2.24, 2.45) is 0 Å². The minimum atomic E-state index is -0.825. The van der Waals surface area contributed by atoms with Crippen LogP contribution in [0.3, 0.4) is 0 Å². The second kappa shape index (κ2) is 5.28. The Morgan fingerprint density at radius 1 is 0.714 bits per heavy atom. The third kappa shape index (κ3) is 3.52. The average molecular weight is 284 g/mol. The zero-order valence-corrected chi connectivity index (χ0v) is 13.4. The predicted molar refractivity (Wildman–Crippen MR) is 87.1 cm³/mol. The second-order valence-corrected chi connectivity index (χ2v) is 6.73. The van der Waals surface area contributed by atoms with Gasteiger partial charge in [-0.05, 0) is 62.4 Å². The van der Waals surface area contributed by atoms with Crippen molar-refractivity contribution in [3.8, 4) is 11.1 Å². The van der Waals surface area contributed by atoms with Gasteiger partial charge in [0.15, 0.2) is 0 Å². The van der Waals surface area contributed by atoms with E-state index in [-0.39, 0.29) is 0 Å². The van der Waals surface area contributed by atoms with Crippen LogP contribution in [0, 0.1) is 6.92 Å². The van der Waals surface area contributed by atoms with Crippen molar-refractivity contribution in [1.29, 1.82) is 0 Å². The molecule has 0 radical (unpaired) electrons. The molecule has 0 spiro atoms. The Morgan fingerprint density at radius 3 is 1.62 bits per heavy atom. The van der Waals surface area contributed by atoms with Crippen LogP contribution >= 0.6 is 0 Å². The van der Waals surface area contributed by atoms with Gasteiger partial charge in [0.1, 0.15) is 0 Å². The van der Waals surface area contributed by atoms with Gasteiger partial charge in [0.05, 0.1) is 11.2 Å². The summed E-state index contributed by atoms with van der Waals surface area (Å²) in [7, 11) is 0. The Morgan fingerprint density at radius 2 is 1.19 bits per heavy atom. The largest absolute Gasteiger partial charge is 0.386 e. The normalized spacial score (nSPS) is 12.5. The van der Waals surface area contributed by atoms with Crippen LogP contribution in [0.1, 0.15) is 44.4 Å². The van der Waals surface area contributed by atoms with Gasteiger partial charge in [-0.1, -0.05) is 42.5 Å². The molecule has 2 aromatic carbocycles. The zero-order valence-electron chi connectivity index (χ0n) is 13.4. The molecule has 0 atom stereocenters. The SMILES string of the molecule is Cc1cc(C(C)(C)O)ccc1-c1ccc(C(C)(C)O)cc1. The molecule has 2 N–H and O–H groups in total. The molecule has 0 aliphatic rings. The van der Waals surface area contributed by atoms with Crippen molar-refractivity contribution in [3.05, 3.63) is 59.2 Å². The molecule has 0 heterocycles. The van der Waals surface area contributed by atoms with Gasteiger partial charge in [-0.3, -0.25) is 0 Å². The summed E-state index contributed by atoms with van der Waals surface area (Å²) in [6.07, 6.45) is 0. The molecule has 0 fully saturated rings. The maximum Gasteiger partial charge on any atom is 0.0840 e. The monoisotopic (exact) mass is 284 g/mol. The summed E-state index contributed by atoms with van der Waals surface area (Å²) in [5.74, 6) is 0. The molecule has 2 nitrogen and oxygen atoms in total. The van der Waals surface area contributed by atoms with E-state index in [9.17, 15) is 10.2 Å². The molecule has 0 bridgehead atoms. The number of hydrogen-bond donors (Lipinski definition) is 2. The van der Waals surface area contributed by atoms with E-state index < -0.39 is 11.2 Å². The Kier molecular flexibility index (Phi) is 3.96. The van der Waals surface area contributed by atoms with Crippen LogP contribution in [0.15, 0.2) is 42.5 Å². The Bertz CT molecular complexity index is 626. The van der Waals surface area contributed by atoms with E-state index >= 15 is 0 Å². The van der Waals surface area contributed by atoms with Crippen molar-refractivity contribution in [2.45, 2.75) is 45.8 Å². The molecule has 21 heavy (non-hydrogen) atoms. The molecule has 0 aromatic heterocycles. The van der Waals surface area contributed by atoms with Crippen LogP contribution in [0.4, 0.5) is 0 Å². The van der Waals surface area contributed by atoms with E-state index in [1.54, 1.807) is 27.7 Å². The fraction of sp³-hybridized carbons (Fsp3) is 0.368. The van der Waals surface area contributed by atoms with E-state index in [0.29, 0.717) is 0 Å². The fourth-order valence-corrected chi connectivity index (χ4v) is 2.43. The number of aryl methyl sites for hydroxylation is 1. The van der Waals surface area contributed by atoms with Gasteiger partial charge in [0.25, 0.3) is 0 Å². The smallest absolute Gasteiger partial charge is 0.0840 e. The van der Waals surface area contributed by atoms with Crippen LogP contribution in [0.5, 0.6) is 0 Å². The fourth-order valence-electron chi connectivity index (χ4n) is 2.43. The molecule has 2 heteroatoms. The highest BCUT2D eigenvalue weighted by atomic mass is 16.3. The van der Waals surface area contributed by atoms with Gasteiger partial charge in [0, 0.05) is 0 Å². The molecule has 0 saturated carbocycles. The minimum absolute atomic E-state index is 0.821. The van der Waals surface area contributed by atoms with Gasteiger partial charge in [-0.25, -0.2) is 0 Å². The maximum absolute atomic E-state index is 10.1. The third-order valence-electron chi connectivity index (χ3n) is 3.84. The summed E-state index contributed by atoms with van der Waals surface area (Å²) in [6, 6.07) is 14.0. The van der Waals surface area contributed by atoms with Crippen molar-refractivity contribution < 1.29 is 10.2 Å². The number of rotatable bonds is 3. The highest BCUT2D eigenvalue weighted by Crippen LogP contribution is 2.30. The molecule has 2 rings (SSSR count). The van der Waals surface area contributed by atoms with Crippen molar-refractivity contribution in [3.63, 3.8) is 0 Å². The Balaban J connectivity index is 2.39.